The van der Waals surface area contributed by atoms with E-state index in [2.05, 4.69) is 86.7 Å². The molecule has 0 radical (unpaired) electrons. The molecular weight excluding hydrogens is 355 g/mol. The Morgan fingerprint density at radius 1 is 0.696 bits per heavy atom. The van der Waals surface area contributed by atoms with E-state index in [4.69, 9.17) is 0 Å². The van der Waals surface area contributed by atoms with Crippen LogP contribution in [0.5, 0.6) is 0 Å². The number of allylic oxidation sites excluding steroid dienone is 2. The molecule has 2 atom stereocenters. The van der Waals surface area contributed by atoms with Crippen LogP contribution >= 0.6 is 0 Å². The summed E-state index contributed by atoms with van der Waals surface area (Å²) in [6.07, 6.45) is 12.3. The van der Waals surface area contributed by atoms with Gasteiger partial charge in [0, 0.05) is 0 Å². The molecule has 0 spiro atoms. The second kappa shape index (κ2) is 5.71. The summed E-state index contributed by atoms with van der Waals surface area (Å²) < 4.78 is 0.662. The van der Waals surface area contributed by atoms with Gasteiger partial charge in [-0.1, -0.05) is 0 Å². The number of fused-ring (bicyclic) bond motifs is 2. The number of hydrogen-bond donors (Lipinski definition) is 0. The predicted octanol–water partition coefficient (Wildman–Crippen LogP) is 5.73. The first-order chi connectivity index (χ1) is 11.2. The molecular formula is C22H22Zr. The Morgan fingerprint density at radius 3 is 1.57 bits per heavy atom. The van der Waals surface area contributed by atoms with Crippen LogP contribution in [0.2, 0.25) is 0 Å². The molecule has 2 unspecified atom stereocenters. The van der Waals surface area contributed by atoms with Crippen LogP contribution in [0, 0.1) is 0 Å². The predicted molar refractivity (Wildman–Crippen MR) is 94.9 cm³/mol. The summed E-state index contributed by atoms with van der Waals surface area (Å²) in [7, 11) is 0. The van der Waals surface area contributed by atoms with E-state index >= 15 is 0 Å². The molecule has 0 bridgehead atoms. The molecule has 0 fully saturated rings. The third-order valence-corrected chi connectivity index (χ3v) is 11.6. The molecule has 2 aromatic carbocycles. The van der Waals surface area contributed by atoms with Crippen LogP contribution in [0.3, 0.4) is 0 Å². The van der Waals surface area contributed by atoms with Gasteiger partial charge in [-0.15, -0.1) is 0 Å². The van der Waals surface area contributed by atoms with Gasteiger partial charge < -0.3 is 0 Å². The third kappa shape index (κ3) is 2.28. The van der Waals surface area contributed by atoms with E-state index in [1.165, 1.54) is 24.0 Å². The molecule has 114 valence electrons. The van der Waals surface area contributed by atoms with Crippen molar-refractivity contribution in [2.24, 2.45) is 0 Å². The molecule has 0 amide bonds. The maximum atomic E-state index is 2.54. The van der Waals surface area contributed by atoms with Gasteiger partial charge in [0.25, 0.3) is 0 Å². The van der Waals surface area contributed by atoms with E-state index < -0.39 is 23.2 Å². The van der Waals surface area contributed by atoms with Crippen LogP contribution in [0.4, 0.5) is 0 Å². The van der Waals surface area contributed by atoms with Crippen molar-refractivity contribution in [2.45, 2.75) is 32.9 Å². The van der Waals surface area contributed by atoms with Gasteiger partial charge in [0.2, 0.25) is 0 Å². The average molecular weight is 378 g/mol. The maximum absolute atomic E-state index is 2.54. The average Bonchev–Trinajstić information content (AvgIpc) is 3.16. The second-order valence-electron chi connectivity index (χ2n) is 6.62. The van der Waals surface area contributed by atoms with E-state index in [0.717, 1.165) is 0 Å². The van der Waals surface area contributed by atoms with Crippen molar-refractivity contribution in [1.29, 1.82) is 0 Å². The van der Waals surface area contributed by atoms with Crippen molar-refractivity contribution in [3.8, 4) is 0 Å². The number of benzene rings is 2. The quantitative estimate of drug-likeness (QED) is 0.638. The molecule has 2 aliphatic rings. The SMILES string of the molecule is CC[C]1([Zr][C]2(CC)C=Cc3ccccc32)C=Cc2ccccc21. The topological polar surface area (TPSA) is 0 Å². The van der Waals surface area contributed by atoms with Crippen LogP contribution in [-0.4, -0.2) is 0 Å². The fourth-order valence-electron chi connectivity index (χ4n) is 4.15. The molecule has 0 aromatic heterocycles. The molecule has 23 heavy (non-hydrogen) atoms. The summed E-state index contributed by atoms with van der Waals surface area (Å²) >= 11 is -0.799. The van der Waals surface area contributed by atoms with Gasteiger partial charge in [-0.25, -0.2) is 0 Å². The van der Waals surface area contributed by atoms with Crippen molar-refractivity contribution < 1.29 is 23.2 Å². The van der Waals surface area contributed by atoms with Crippen LogP contribution in [-0.2, 0) is 29.5 Å². The summed E-state index contributed by atoms with van der Waals surface area (Å²) in [5.74, 6) is 0. The molecule has 0 heterocycles. The first-order valence-corrected chi connectivity index (χ1v) is 11.1. The van der Waals surface area contributed by atoms with Crippen LogP contribution in [0.25, 0.3) is 12.2 Å². The molecule has 2 aliphatic carbocycles. The van der Waals surface area contributed by atoms with Crippen molar-refractivity contribution in [3.63, 3.8) is 0 Å². The number of rotatable bonds is 4. The molecule has 4 rings (SSSR count). The van der Waals surface area contributed by atoms with Crippen LogP contribution in [0.1, 0.15) is 48.9 Å². The Labute approximate surface area is 150 Å². The summed E-state index contributed by atoms with van der Waals surface area (Å²) in [5.41, 5.74) is 6.05. The van der Waals surface area contributed by atoms with E-state index in [9.17, 15) is 0 Å². The number of hydrogen-bond acceptors (Lipinski definition) is 0. The Morgan fingerprint density at radius 2 is 1.13 bits per heavy atom. The Kier molecular flexibility index (Phi) is 3.81. The van der Waals surface area contributed by atoms with Crippen LogP contribution < -0.4 is 0 Å². The Balaban J connectivity index is 1.81. The summed E-state index contributed by atoms with van der Waals surface area (Å²) in [6, 6.07) is 18.1. The monoisotopic (exact) mass is 376 g/mol. The van der Waals surface area contributed by atoms with Gasteiger partial charge in [-0.05, 0) is 0 Å². The van der Waals surface area contributed by atoms with Gasteiger partial charge in [0.1, 0.15) is 0 Å². The minimum absolute atomic E-state index is 0.331. The van der Waals surface area contributed by atoms with E-state index in [0.29, 0.717) is 6.25 Å². The Hall–Kier alpha value is -1.20. The summed E-state index contributed by atoms with van der Waals surface area (Å²) in [5, 5.41) is 0. The van der Waals surface area contributed by atoms with Gasteiger partial charge in [0.15, 0.2) is 0 Å². The van der Waals surface area contributed by atoms with Crippen molar-refractivity contribution >= 4 is 12.2 Å². The molecule has 1 heteroatoms. The molecule has 0 saturated heterocycles. The summed E-state index contributed by atoms with van der Waals surface area (Å²) in [4.78, 5) is 0. The van der Waals surface area contributed by atoms with Crippen LogP contribution in [0.15, 0.2) is 60.7 Å². The normalized spacial score (nSPS) is 27.0. The first-order valence-electron chi connectivity index (χ1n) is 8.60. The fourth-order valence-corrected chi connectivity index (χ4v) is 9.58. The van der Waals surface area contributed by atoms with Gasteiger partial charge in [0.05, 0.1) is 0 Å². The van der Waals surface area contributed by atoms with E-state index in [1.54, 1.807) is 11.1 Å². The van der Waals surface area contributed by atoms with Gasteiger partial charge in [-0.2, -0.15) is 0 Å². The zero-order valence-electron chi connectivity index (χ0n) is 13.8. The van der Waals surface area contributed by atoms with Crippen molar-refractivity contribution in [2.75, 3.05) is 0 Å². The van der Waals surface area contributed by atoms with E-state index in [-0.39, 0.29) is 0 Å². The third-order valence-electron chi connectivity index (χ3n) is 5.54. The molecule has 0 saturated carbocycles. The van der Waals surface area contributed by atoms with Crippen molar-refractivity contribution in [3.05, 3.63) is 82.9 Å². The fraction of sp³-hybridized carbons (Fsp3) is 0.273. The molecule has 0 aliphatic heterocycles. The molecule has 2 aromatic rings. The second-order valence-corrected chi connectivity index (χ2v) is 11.6. The summed E-state index contributed by atoms with van der Waals surface area (Å²) in [6.45, 7) is 4.75. The molecule has 0 N–H and O–H groups in total. The van der Waals surface area contributed by atoms with Gasteiger partial charge in [-0.3, -0.25) is 0 Å². The Bertz CT molecular complexity index is 734. The van der Waals surface area contributed by atoms with Crippen molar-refractivity contribution in [1.82, 2.24) is 0 Å². The van der Waals surface area contributed by atoms with E-state index in [1.807, 2.05) is 0 Å². The minimum atomic E-state index is -0.799. The zero-order valence-corrected chi connectivity index (χ0v) is 16.3. The van der Waals surface area contributed by atoms with Gasteiger partial charge >= 0.3 is 151 Å². The molecule has 0 nitrogen and oxygen atoms in total. The first kappa shape index (κ1) is 15.3. The standard InChI is InChI=1S/2C11H11.Zr/c2*1-2-9-7-8-10-5-3-4-6-11(9)10;/h2*3-8H,2H2,1H3;. The zero-order chi connectivity index (χ0) is 15.9.